The summed E-state index contributed by atoms with van der Waals surface area (Å²) in [7, 11) is 0. The van der Waals surface area contributed by atoms with E-state index in [9.17, 15) is 0 Å². The summed E-state index contributed by atoms with van der Waals surface area (Å²) in [6.07, 6.45) is 7.90. The SMILES string of the molecule is CSCC(Cn1ccnc1)c1ccccc1. The van der Waals surface area contributed by atoms with E-state index in [-0.39, 0.29) is 0 Å². The Hall–Kier alpha value is -1.22. The lowest BCUT2D eigenvalue weighted by Gasteiger charge is -2.16. The molecule has 0 aliphatic rings. The Bertz CT molecular complexity index is 397. The van der Waals surface area contributed by atoms with Crippen LogP contribution in [-0.2, 0) is 6.54 Å². The molecule has 84 valence electrons. The van der Waals surface area contributed by atoms with Gasteiger partial charge in [0, 0.05) is 30.6 Å². The molecule has 0 saturated carbocycles. The van der Waals surface area contributed by atoms with Gasteiger partial charge in [0.1, 0.15) is 0 Å². The Kier molecular flexibility index (Phi) is 4.05. The molecule has 0 bridgehead atoms. The fourth-order valence-corrected chi connectivity index (χ4v) is 2.53. The van der Waals surface area contributed by atoms with Crippen molar-refractivity contribution in [2.75, 3.05) is 12.0 Å². The van der Waals surface area contributed by atoms with Crippen molar-refractivity contribution in [3.63, 3.8) is 0 Å². The molecule has 0 fully saturated rings. The van der Waals surface area contributed by atoms with Crippen LogP contribution in [0.25, 0.3) is 0 Å². The van der Waals surface area contributed by atoms with Gasteiger partial charge in [-0.15, -0.1) is 0 Å². The molecule has 0 N–H and O–H groups in total. The quantitative estimate of drug-likeness (QED) is 0.788. The molecule has 0 spiro atoms. The summed E-state index contributed by atoms with van der Waals surface area (Å²) in [6.45, 7) is 1.00. The van der Waals surface area contributed by atoms with Gasteiger partial charge in [-0.1, -0.05) is 30.3 Å². The highest BCUT2D eigenvalue weighted by Gasteiger charge is 2.10. The van der Waals surface area contributed by atoms with E-state index >= 15 is 0 Å². The van der Waals surface area contributed by atoms with Crippen LogP contribution < -0.4 is 0 Å². The summed E-state index contributed by atoms with van der Waals surface area (Å²) < 4.78 is 2.15. The minimum Gasteiger partial charge on any atom is -0.337 e. The van der Waals surface area contributed by atoms with Crippen LogP contribution in [0.3, 0.4) is 0 Å². The topological polar surface area (TPSA) is 17.8 Å². The van der Waals surface area contributed by atoms with Crippen LogP contribution in [0.2, 0.25) is 0 Å². The molecular formula is C13H16N2S. The first-order valence-electron chi connectivity index (χ1n) is 5.40. The third-order valence-corrected chi connectivity index (χ3v) is 3.36. The lowest BCUT2D eigenvalue weighted by atomic mass is 10.0. The van der Waals surface area contributed by atoms with Gasteiger partial charge in [-0.3, -0.25) is 0 Å². The van der Waals surface area contributed by atoms with E-state index in [0.29, 0.717) is 5.92 Å². The van der Waals surface area contributed by atoms with Crippen molar-refractivity contribution < 1.29 is 0 Å². The second kappa shape index (κ2) is 5.75. The normalized spacial score (nSPS) is 12.6. The Morgan fingerprint density at radius 1 is 1.31 bits per heavy atom. The molecule has 1 aromatic heterocycles. The van der Waals surface area contributed by atoms with Crippen molar-refractivity contribution in [2.24, 2.45) is 0 Å². The maximum atomic E-state index is 4.09. The minimum atomic E-state index is 0.561. The third-order valence-electron chi connectivity index (χ3n) is 2.63. The van der Waals surface area contributed by atoms with E-state index in [0.717, 1.165) is 12.3 Å². The average Bonchev–Trinajstić information content (AvgIpc) is 2.83. The molecule has 1 heterocycles. The fraction of sp³-hybridized carbons (Fsp3) is 0.308. The van der Waals surface area contributed by atoms with E-state index in [1.54, 1.807) is 0 Å². The second-order valence-electron chi connectivity index (χ2n) is 3.82. The lowest BCUT2D eigenvalue weighted by molar-refractivity contribution is 0.604. The summed E-state index contributed by atoms with van der Waals surface area (Å²) in [5.74, 6) is 1.70. The van der Waals surface area contributed by atoms with Crippen LogP contribution in [0.1, 0.15) is 11.5 Å². The highest BCUT2D eigenvalue weighted by molar-refractivity contribution is 7.98. The standard InChI is InChI=1S/C13H16N2S/c1-16-10-13(9-15-8-7-14-11-15)12-5-3-2-4-6-12/h2-8,11,13H,9-10H2,1H3. The summed E-state index contributed by atoms with van der Waals surface area (Å²) in [5.41, 5.74) is 1.41. The van der Waals surface area contributed by atoms with Crippen LogP contribution in [0.15, 0.2) is 49.1 Å². The molecule has 3 heteroatoms. The summed E-state index contributed by atoms with van der Waals surface area (Å²) >= 11 is 1.89. The first-order valence-corrected chi connectivity index (χ1v) is 6.79. The number of hydrogen-bond acceptors (Lipinski definition) is 2. The average molecular weight is 232 g/mol. The van der Waals surface area contributed by atoms with Gasteiger partial charge in [0.2, 0.25) is 0 Å². The van der Waals surface area contributed by atoms with Crippen molar-refractivity contribution in [3.8, 4) is 0 Å². The lowest BCUT2D eigenvalue weighted by Crippen LogP contribution is -2.10. The van der Waals surface area contributed by atoms with E-state index in [1.165, 1.54) is 5.56 Å². The number of imidazole rings is 1. The van der Waals surface area contributed by atoms with Gasteiger partial charge < -0.3 is 4.57 Å². The highest BCUT2D eigenvalue weighted by atomic mass is 32.2. The van der Waals surface area contributed by atoms with Crippen molar-refractivity contribution in [3.05, 3.63) is 54.6 Å². The molecule has 0 amide bonds. The van der Waals surface area contributed by atoms with Crippen LogP contribution in [0.4, 0.5) is 0 Å². The highest BCUT2D eigenvalue weighted by Crippen LogP contribution is 2.21. The smallest absolute Gasteiger partial charge is 0.0946 e. The molecule has 1 atom stereocenters. The van der Waals surface area contributed by atoms with Crippen molar-refractivity contribution in [2.45, 2.75) is 12.5 Å². The fourth-order valence-electron chi connectivity index (χ4n) is 1.83. The zero-order valence-electron chi connectivity index (χ0n) is 9.41. The van der Waals surface area contributed by atoms with Crippen molar-refractivity contribution >= 4 is 11.8 Å². The number of thioether (sulfide) groups is 1. The van der Waals surface area contributed by atoms with E-state index in [1.807, 2.05) is 30.5 Å². The molecule has 2 rings (SSSR count). The van der Waals surface area contributed by atoms with Gasteiger partial charge in [0.05, 0.1) is 6.33 Å². The molecule has 0 radical (unpaired) electrons. The second-order valence-corrected chi connectivity index (χ2v) is 4.73. The van der Waals surface area contributed by atoms with E-state index in [2.05, 4.69) is 46.1 Å². The zero-order chi connectivity index (χ0) is 11.2. The molecule has 2 aromatic rings. The first kappa shape index (κ1) is 11.3. The molecule has 2 nitrogen and oxygen atoms in total. The van der Waals surface area contributed by atoms with Gasteiger partial charge in [0.15, 0.2) is 0 Å². The van der Waals surface area contributed by atoms with E-state index < -0.39 is 0 Å². The number of hydrogen-bond donors (Lipinski definition) is 0. The molecule has 16 heavy (non-hydrogen) atoms. The summed E-state index contributed by atoms with van der Waals surface area (Å²) in [5, 5.41) is 0. The van der Waals surface area contributed by atoms with Gasteiger partial charge >= 0.3 is 0 Å². The molecule has 1 aromatic carbocycles. The zero-order valence-corrected chi connectivity index (χ0v) is 10.2. The van der Waals surface area contributed by atoms with Crippen LogP contribution in [0, 0.1) is 0 Å². The largest absolute Gasteiger partial charge is 0.337 e. The summed E-state index contributed by atoms with van der Waals surface area (Å²) in [6, 6.07) is 10.7. The molecular weight excluding hydrogens is 216 g/mol. The first-order chi connectivity index (χ1) is 7.90. The Balaban J connectivity index is 2.11. The predicted octanol–water partition coefficient (Wildman–Crippen LogP) is 3.03. The monoisotopic (exact) mass is 232 g/mol. The predicted molar refractivity (Wildman–Crippen MR) is 69.8 cm³/mol. The van der Waals surface area contributed by atoms with Gasteiger partial charge in [-0.2, -0.15) is 11.8 Å². The molecule has 0 saturated heterocycles. The van der Waals surface area contributed by atoms with Crippen molar-refractivity contribution in [1.82, 2.24) is 9.55 Å². The summed E-state index contributed by atoms with van der Waals surface area (Å²) in [4.78, 5) is 4.09. The number of nitrogens with zero attached hydrogens (tertiary/aromatic N) is 2. The Morgan fingerprint density at radius 3 is 2.75 bits per heavy atom. The maximum Gasteiger partial charge on any atom is 0.0946 e. The Labute approximate surface area is 101 Å². The third kappa shape index (κ3) is 2.89. The van der Waals surface area contributed by atoms with Crippen LogP contribution in [-0.4, -0.2) is 21.6 Å². The van der Waals surface area contributed by atoms with Gasteiger partial charge in [-0.05, 0) is 11.8 Å². The van der Waals surface area contributed by atoms with Gasteiger partial charge in [-0.25, -0.2) is 4.98 Å². The van der Waals surface area contributed by atoms with Crippen molar-refractivity contribution in [1.29, 1.82) is 0 Å². The molecule has 0 aliphatic heterocycles. The van der Waals surface area contributed by atoms with Crippen LogP contribution in [0.5, 0.6) is 0 Å². The minimum absolute atomic E-state index is 0.561. The number of benzene rings is 1. The van der Waals surface area contributed by atoms with E-state index in [4.69, 9.17) is 0 Å². The van der Waals surface area contributed by atoms with Gasteiger partial charge in [0.25, 0.3) is 0 Å². The Morgan fingerprint density at radius 2 is 2.12 bits per heavy atom. The molecule has 1 unspecified atom stereocenters. The maximum absolute atomic E-state index is 4.09. The number of rotatable bonds is 5. The molecule has 0 aliphatic carbocycles. The number of aromatic nitrogens is 2. The van der Waals surface area contributed by atoms with Crippen LogP contribution >= 0.6 is 11.8 Å².